The predicted molar refractivity (Wildman–Crippen MR) is 46.2 cm³/mol. The zero-order valence-electron chi connectivity index (χ0n) is 7.64. The molecule has 2 atom stereocenters. The van der Waals surface area contributed by atoms with E-state index < -0.39 is 0 Å². The van der Waals surface area contributed by atoms with Crippen LogP contribution in [0.2, 0.25) is 0 Å². The fourth-order valence-corrected chi connectivity index (χ4v) is 2.15. The van der Waals surface area contributed by atoms with E-state index in [0.29, 0.717) is 6.10 Å². The molecule has 1 N–H and O–H groups in total. The van der Waals surface area contributed by atoms with E-state index in [0.717, 1.165) is 26.2 Å². The first-order valence-electron chi connectivity index (χ1n) is 4.75. The Bertz CT molecular complexity index is 155. The highest BCUT2D eigenvalue weighted by Gasteiger charge is 2.42. The van der Waals surface area contributed by atoms with Crippen molar-refractivity contribution in [1.82, 2.24) is 5.32 Å². The first-order chi connectivity index (χ1) is 5.85. The van der Waals surface area contributed by atoms with Gasteiger partial charge in [0.1, 0.15) is 0 Å². The number of hydrogen-bond donors (Lipinski definition) is 1. The van der Waals surface area contributed by atoms with Crippen molar-refractivity contribution in [2.24, 2.45) is 0 Å². The Labute approximate surface area is 73.4 Å². The highest BCUT2D eigenvalue weighted by atomic mass is 16.6. The van der Waals surface area contributed by atoms with Crippen LogP contribution in [-0.4, -0.2) is 38.5 Å². The van der Waals surface area contributed by atoms with Crippen molar-refractivity contribution < 1.29 is 9.47 Å². The lowest BCUT2D eigenvalue weighted by Gasteiger charge is -2.21. The van der Waals surface area contributed by atoms with Gasteiger partial charge in [0.2, 0.25) is 0 Å². The van der Waals surface area contributed by atoms with Crippen molar-refractivity contribution in [1.29, 1.82) is 0 Å². The van der Waals surface area contributed by atoms with E-state index in [1.165, 1.54) is 12.8 Å². The number of nitrogens with one attached hydrogen (secondary N) is 1. The van der Waals surface area contributed by atoms with E-state index in [1.807, 2.05) is 7.05 Å². The van der Waals surface area contributed by atoms with Crippen LogP contribution in [0.4, 0.5) is 0 Å². The smallest absolute Gasteiger partial charge is 0.0942 e. The molecule has 2 heterocycles. The first kappa shape index (κ1) is 8.48. The molecule has 0 aromatic rings. The average Bonchev–Trinajstić information content (AvgIpc) is 2.65. The van der Waals surface area contributed by atoms with Gasteiger partial charge < -0.3 is 14.8 Å². The van der Waals surface area contributed by atoms with Gasteiger partial charge in [-0.25, -0.2) is 0 Å². The molecule has 0 aliphatic carbocycles. The van der Waals surface area contributed by atoms with Gasteiger partial charge in [0, 0.05) is 19.6 Å². The van der Waals surface area contributed by atoms with Crippen LogP contribution in [0.1, 0.15) is 19.3 Å². The lowest BCUT2D eigenvalue weighted by Crippen LogP contribution is -2.32. The summed E-state index contributed by atoms with van der Waals surface area (Å²) in [4.78, 5) is 0. The van der Waals surface area contributed by atoms with E-state index in [2.05, 4.69) is 5.32 Å². The molecule has 2 saturated heterocycles. The van der Waals surface area contributed by atoms with Gasteiger partial charge in [-0.15, -0.1) is 0 Å². The number of hydrogen-bond acceptors (Lipinski definition) is 3. The van der Waals surface area contributed by atoms with Crippen molar-refractivity contribution in [2.75, 3.05) is 26.8 Å². The largest absolute Gasteiger partial charge is 0.378 e. The summed E-state index contributed by atoms with van der Waals surface area (Å²) < 4.78 is 11.3. The van der Waals surface area contributed by atoms with Gasteiger partial charge in [-0.2, -0.15) is 0 Å². The van der Waals surface area contributed by atoms with Crippen LogP contribution in [-0.2, 0) is 9.47 Å². The minimum Gasteiger partial charge on any atom is -0.378 e. The van der Waals surface area contributed by atoms with Crippen LogP contribution >= 0.6 is 0 Å². The fraction of sp³-hybridized carbons (Fsp3) is 1.00. The number of likely N-dealkylation sites (N-methyl/N-ethyl adjacent to an activating group) is 1. The summed E-state index contributed by atoms with van der Waals surface area (Å²) in [5.41, 5.74) is 0.0987. The molecule has 2 rings (SSSR count). The summed E-state index contributed by atoms with van der Waals surface area (Å²) in [6.07, 6.45) is 3.87. The maximum atomic E-state index is 5.96. The Morgan fingerprint density at radius 2 is 2.42 bits per heavy atom. The Morgan fingerprint density at radius 1 is 1.50 bits per heavy atom. The molecule has 70 valence electrons. The molecule has 0 radical (unpaired) electrons. The van der Waals surface area contributed by atoms with E-state index in [-0.39, 0.29) is 5.60 Å². The molecule has 0 saturated carbocycles. The standard InChI is InChI=1S/C9H17NO2/c1-10-6-8-2-3-9(12-8)4-5-11-7-9/h8,10H,2-7H2,1H3. The van der Waals surface area contributed by atoms with E-state index in [9.17, 15) is 0 Å². The number of rotatable bonds is 2. The molecular weight excluding hydrogens is 154 g/mol. The second-order valence-corrected chi connectivity index (χ2v) is 3.82. The average molecular weight is 171 g/mol. The summed E-state index contributed by atoms with van der Waals surface area (Å²) >= 11 is 0. The van der Waals surface area contributed by atoms with Crippen LogP contribution in [0.3, 0.4) is 0 Å². The van der Waals surface area contributed by atoms with Gasteiger partial charge in [-0.05, 0) is 19.9 Å². The molecule has 0 aromatic heterocycles. The number of ether oxygens (including phenoxy) is 2. The zero-order valence-corrected chi connectivity index (χ0v) is 7.64. The molecule has 0 bridgehead atoms. The Balaban J connectivity index is 1.88. The van der Waals surface area contributed by atoms with Gasteiger partial charge in [0.25, 0.3) is 0 Å². The zero-order chi connectivity index (χ0) is 8.44. The third-order valence-corrected chi connectivity index (χ3v) is 2.84. The highest BCUT2D eigenvalue weighted by molar-refractivity contribution is 4.92. The van der Waals surface area contributed by atoms with Crippen molar-refractivity contribution in [2.45, 2.75) is 31.0 Å². The van der Waals surface area contributed by atoms with E-state index in [4.69, 9.17) is 9.47 Å². The Kier molecular flexibility index (Phi) is 2.35. The molecule has 0 amide bonds. The predicted octanol–water partition coefficient (Wildman–Crippen LogP) is 0.544. The van der Waals surface area contributed by atoms with Crippen LogP contribution in [0.25, 0.3) is 0 Å². The second-order valence-electron chi connectivity index (χ2n) is 3.82. The molecule has 2 aliphatic rings. The maximum absolute atomic E-state index is 5.96. The van der Waals surface area contributed by atoms with Gasteiger partial charge in [0.05, 0.1) is 18.3 Å². The fourth-order valence-electron chi connectivity index (χ4n) is 2.15. The summed E-state index contributed by atoms with van der Waals surface area (Å²) in [6, 6.07) is 0. The SMILES string of the molecule is CNCC1CCC2(CCOC2)O1. The van der Waals surface area contributed by atoms with Gasteiger partial charge >= 0.3 is 0 Å². The lowest BCUT2D eigenvalue weighted by atomic mass is 9.99. The molecule has 3 nitrogen and oxygen atoms in total. The van der Waals surface area contributed by atoms with Crippen molar-refractivity contribution in [3.05, 3.63) is 0 Å². The quantitative estimate of drug-likeness (QED) is 0.658. The molecule has 3 heteroatoms. The van der Waals surface area contributed by atoms with Crippen LogP contribution in [0, 0.1) is 0 Å². The lowest BCUT2D eigenvalue weighted by molar-refractivity contribution is -0.0427. The molecule has 2 fully saturated rings. The summed E-state index contributed by atoms with van der Waals surface area (Å²) in [6.45, 7) is 2.67. The third-order valence-electron chi connectivity index (χ3n) is 2.84. The van der Waals surface area contributed by atoms with Crippen LogP contribution in [0.15, 0.2) is 0 Å². The van der Waals surface area contributed by atoms with Crippen LogP contribution in [0.5, 0.6) is 0 Å². The normalized spacial score (nSPS) is 41.2. The Morgan fingerprint density at radius 3 is 3.08 bits per heavy atom. The van der Waals surface area contributed by atoms with E-state index in [1.54, 1.807) is 0 Å². The third kappa shape index (κ3) is 1.49. The first-order valence-corrected chi connectivity index (χ1v) is 4.75. The second kappa shape index (κ2) is 3.32. The topological polar surface area (TPSA) is 30.5 Å². The molecule has 2 aliphatic heterocycles. The summed E-state index contributed by atoms with van der Waals surface area (Å²) in [5.74, 6) is 0. The molecular formula is C9H17NO2. The van der Waals surface area contributed by atoms with Crippen molar-refractivity contribution >= 4 is 0 Å². The minimum absolute atomic E-state index is 0.0987. The van der Waals surface area contributed by atoms with Crippen molar-refractivity contribution in [3.8, 4) is 0 Å². The molecule has 0 aromatic carbocycles. The van der Waals surface area contributed by atoms with Gasteiger partial charge in [-0.3, -0.25) is 0 Å². The molecule has 1 spiro atoms. The highest BCUT2D eigenvalue weighted by Crippen LogP contribution is 2.36. The van der Waals surface area contributed by atoms with Gasteiger partial charge in [-0.1, -0.05) is 0 Å². The summed E-state index contributed by atoms with van der Waals surface area (Å²) in [7, 11) is 1.97. The van der Waals surface area contributed by atoms with E-state index >= 15 is 0 Å². The van der Waals surface area contributed by atoms with Gasteiger partial charge in [0.15, 0.2) is 0 Å². The molecule has 2 unspecified atom stereocenters. The maximum Gasteiger partial charge on any atom is 0.0942 e. The monoisotopic (exact) mass is 171 g/mol. The van der Waals surface area contributed by atoms with Crippen LogP contribution < -0.4 is 5.32 Å². The Hall–Kier alpha value is -0.120. The molecule has 12 heavy (non-hydrogen) atoms. The summed E-state index contributed by atoms with van der Waals surface area (Å²) in [5, 5.41) is 3.15. The van der Waals surface area contributed by atoms with Crippen molar-refractivity contribution in [3.63, 3.8) is 0 Å². The minimum atomic E-state index is 0.0987.